The summed E-state index contributed by atoms with van der Waals surface area (Å²) in [6.07, 6.45) is -3.70. The zero-order chi connectivity index (χ0) is 28.9. The lowest BCUT2D eigenvalue weighted by Gasteiger charge is -2.27. The van der Waals surface area contributed by atoms with Crippen molar-refractivity contribution in [1.29, 1.82) is 0 Å². The van der Waals surface area contributed by atoms with E-state index in [1.165, 1.54) is 18.0 Å². The quantitative estimate of drug-likeness (QED) is 0.213. The van der Waals surface area contributed by atoms with Crippen molar-refractivity contribution in [3.63, 3.8) is 0 Å². The summed E-state index contributed by atoms with van der Waals surface area (Å²) in [6.45, 7) is 8.14. The highest BCUT2D eigenvalue weighted by Gasteiger charge is 2.40. The molecule has 0 aliphatic rings. The highest BCUT2D eigenvalue weighted by Crippen LogP contribution is 2.40. The second kappa shape index (κ2) is 10.0. The zero-order valence-corrected chi connectivity index (χ0v) is 22.3. The molecule has 0 fully saturated rings. The number of aromatic nitrogens is 4. The van der Waals surface area contributed by atoms with Crippen molar-refractivity contribution in [3.05, 3.63) is 46.6 Å². The summed E-state index contributed by atoms with van der Waals surface area (Å²) < 4.78 is 67.3. The van der Waals surface area contributed by atoms with Crippen molar-refractivity contribution in [2.45, 2.75) is 46.4 Å². The van der Waals surface area contributed by atoms with Crippen molar-refractivity contribution in [3.8, 4) is 5.69 Å². The number of nitrogens with zero attached hydrogens (tertiary/aromatic N) is 4. The summed E-state index contributed by atoms with van der Waals surface area (Å²) >= 11 is 6.39. The molecule has 0 atom stereocenters. The summed E-state index contributed by atoms with van der Waals surface area (Å²) in [6, 6.07) is 2.25. The Morgan fingerprint density at radius 3 is 2.46 bits per heavy atom. The van der Waals surface area contributed by atoms with Gasteiger partial charge in [0, 0.05) is 18.1 Å². The zero-order valence-electron chi connectivity index (χ0n) is 21.5. The van der Waals surface area contributed by atoms with Crippen LogP contribution in [0.1, 0.15) is 50.7 Å². The minimum absolute atomic E-state index is 0.0918. The number of pyridine rings is 1. The van der Waals surface area contributed by atoms with E-state index in [-0.39, 0.29) is 51.5 Å². The molecule has 9 nitrogen and oxygen atoms in total. The Hall–Kier alpha value is -3.87. The number of hydrogen-bond acceptors (Lipinski definition) is 6. The Bertz CT molecular complexity index is 1590. The van der Waals surface area contributed by atoms with Crippen LogP contribution in [-0.4, -0.2) is 50.6 Å². The second-order valence-corrected chi connectivity index (χ2v) is 9.84. The standard InChI is InChI=1S/C25H24ClF4N5O4/c1-6-34(23(37)39-24(3,4)5)16-9-12(27)8-13-17-19(15(26)10-31-21(17)32-18(13)16)35-11-14(22(36)38-7-2)20(33-35)25(28,29)30/h8-11H,6-7H2,1-5H3,(H,31,32). The number of ether oxygens (including phenoxy) is 2. The first-order chi connectivity index (χ1) is 18.2. The van der Waals surface area contributed by atoms with Gasteiger partial charge in [0.1, 0.15) is 22.6 Å². The number of amides is 1. The third kappa shape index (κ3) is 5.35. The highest BCUT2D eigenvalue weighted by atomic mass is 35.5. The number of alkyl halides is 3. The van der Waals surface area contributed by atoms with Gasteiger partial charge in [-0.3, -0.25) is 4.90 Å². The number of H-pyrrole nitrogens is 1. The number of halogens is 5. The SMILES string of the molecule is CCOC(=O)c1cn(-c2c(Cl)cnc3[nH]c4c(N(CC)C(=O)OC(C)(C)C)cc(F)cc4c23)nc1C(F)(F)F. The predicted molar refractivity (Wildman–Crippen MR) is 136 cm³/mol. The number of aromatic amines is 1. The van der Waals surface area contributed by atoms with Gasteiger partial charge in [-0.05, 0) is 46.8 Å². The van der Waals surface area contributed by atoms with Crippen LogP contribution in [0.4, 0.5) is 28.0 Å². The Morgan fingerprint density at radius 2 is 1.87 bits per heavy atom. The number of rotatable bonds is 5. The average molecular weight is 570 g/mol. The molecule has 208 valence electrons. The van der Waals surface area contributed by atoms with E-state index in [1.807, 2.05) is 0 Å². The summed E-state index contributed by atoms with van der Waals surface area (Å²) in [5, 5.41) is 3.76. The molecule has 4 aromatic rings. The molecule has 3 aromatic heterocycles. The van der Waals surface area contributed by atoms with E-state index < -0.39 is 40.9 Å². The molecule has 1 N–H and O–H groups in total. The molecule has 0 radical (unpaired) electrons. The Kier molecular flexibility index (Phi) is 7.23. The fraction of sp³-hybridized carbons (Fsp3) is 0.360. The fourth-order valence-corrected chi connectivity index (χ4v) is 4.31. The molecule has 0 aliphatic carbocycles. The first-order valence-corrected chi connectivity index (χ1v) is 12.2. The van der Waals surface area contributed by atoms with Crippen LogP contribution in [0.3, 0.4) is 0 Å². The van der Waals surface area contributed by atoms with Gasteiger partial charge < -0.3 is 14.5 Å². The molecule has 0 saturated heterocycles. The molecule has 1 aromatic carbocycles. The molecule has 0 spiro atoms. The maximum atomic E-state index is 15.0. The lowest BCUT2D eigenvalue weighted by molar-refractivity contribution is -0.141. The number of nitrogens with one attached hydrogen (secondary N) is 1. The largest absolute Gasteiger partial charge is 0.462 e. The van der Waals surface area contributed by atoms with Gasteiger partial charge in [-0.2, -0.15) is 18.3 Å². The minimum Gasteiger partial charge on any atom is -0.462 e. The summed E-state index contributed by atoms with van der Waals surface area (Å²) in [7, 11) is 0. The molecule has 0 aliphatic heterocycles. The molecule has 0 bridgehead atoms. The normalized spacial score (nSPS) is 12.3. The second-order valence-electron chi connectivity index (χ2n) is 9.43. The number of hydrogen-bond donors (Lipinski definition) is 1. The van der Waals surface area contributed by atoms with Crippen molar-refractivity contribution < 1.29 is 36.6 Å². The average Bonchev–Trinajstić information content (AvgIpc) is 3.41. The molecular formula is C25H24ClF4N5O4. The van der Waals surface area contributed by atoms with Gasteiger partial charge in [0.2, 0.25) is 0 Å². The van der Waals surface area contributed by atoms with Gasteiger partial charge in [-0.25, -0.2) is 23.6 Å². The van der Waals surface area contributed by atoms with Crippen LogP contribution in [0, 0.1) is 5.82 Å². The Labute approximate surface area is 224 Å². The van der Waals surface area contributed by atoms with Crippen LogP contribution in [0.25, 0.3) is 27.6 Å². The molecule has 4 rings (SSSR count). The van der Waals surface area contributed by atoms with E-state index >= 15 is 0 Å². The van der Waals surface area contributed by atoms with Crippen LogP contribution in [-0.2, 0) is 15.7 Å². The monoisotopic (exact) mass is 569 g/mol. The molecule has 0 saturated carbocycles. The van der Waals surface area contributed by atoms with Crippen LogP contribution >= 0.6 is 11.6 Å². The Balaban J connectivity index is 2.01. The first-order valence-electron chi connectivity index (χ1n) is 11.8. The summed E-state index contributed by atoms with van der Waals surface area (Å²) in [5.74, 6) is -1.96. The number of esters is 1. The molecule has 3 heterocycles. The third-order valence-corrected chi connectivity index (χ3v) is 5.81. The highest BCUT2D eigenvalue weighted by molar-refractivity contribution is 6.34. The van der Waals surface area contributed by atoms with Crippen molar-refractivity contribution >= 4 is 51.3 Å². The van der Waals surface area contributed by atoms with E-state index in [0.717, 1.165) is 23.0 Å². The number of carbonyl (C=O) groups excluding carboxylic acids is 2. The smallest absolute Gasteiger partial charge is 0.436 e. The summed E-state index contributed by atoms with van der Waals surface area (Å²) in [4.78, 5) is 33.6. The molecule has 14 heteroatoms. The van der Waals surface area contributed by atoms with E-state index in [4.69, 9.17) is 21.1 Å². The molecule has 0 unspecified atom stereocenters. The van der Waals surface area contributed by atoms with Gasteiger partial charge in [-0.15, -0.1) is 0 Å². The molecular weight excluding hydrogens is 546 g/mol. The first kappa shape index (κ1) is 28.1. The third-order valence-electron chi connectivity index (χ3n) is 5.53. The topological polar surface area (TPSA) is 102 Å². The molecule has 39 heavy (non-hydrogen) atoms. The lowest BCUT2D eigenvalue weighted by Crippen LogP contribution is -2.37. The van der Waals surface area contributed by atoms with Gasteiger partial charge in [0.05, 0.1) is 40.1 Å². The van der Waals surface area contributed by atoms with Crippen LogP contribution in [0.5, 0.6) is 0 Å². The number of carbonyl (C=O) groups is 2. The van der Waals surface area contributed by atoms with E-state index in [9.17, 15) is 27.2 Å². The fourth-order valence-electron chi connectivity index (χ4n) is 4.08. The predicted octanol–water partition coefficient (Wildman–Crippen LogP) is 6.65. The van der Waals surface area contributed by atoms with Gasteiger partial charge in [0.15, 0.2) is 5.69 Å². The minimum atomic E-state index is -4.99. The molecule has 1 amide bonds. The van der Waals surface area contributed by atoms with Crippen molar-refractivity contribution in [1.82, 2.24) is 19.7 Å². The Morgan fingerprint density at radius 1 is 1.18 bits per heavy atom. The van der Waals surface area contributed by atoms with E-state index in [1.54, 1.807) is 27.7 Å². The number of fused-ring (bicyclic) bond motifs is 3. The summed E-state index contributed by atoms with van der Waals surface area (Å²) in [5.41, 5.74) is -2.72. The van der Waals surface area contributed by atoms with Crippen LogP contribution < -0.4 is 4.90 Å². The van der Waals surface area contributed by atoms with Gasteiger partial charge in [0.25, 0.3) is 0 Å². The van der Waals surface area contributed by atoms with E-state index in [2.05, 4.69) is 15.1 Å². The van der Waals surface area contributed by atoms with Gasteiger partial charge >= 0.3 is 18.2 Å². The van der Waals surface area contributed by atoms with Gasteiger partial charge in [-0.1, -0.05) is 11.6 Å². The van der Waals surface area contributed by atoms with Crippen LogP contribution in [0.15, 0.2) is 24.5 Å². The maximum absolute atomic E-state index is 15.0. The van der Waals surface area contributed by atoms with Crippen molar-refractivity contribution in [2.75, 3.05) is 18.1 Å². The lowest BCUT2D eigenvalue weighted by atomic mass is 10.1. The maximum Gasteiger partial charge on any atom is 0.436 e. The van der Waals surface area contributed by atoms with E-state index in [0.29, 0.717) is 0 Å². The number of anilines is 1. The number of benzene rings is 1. The van der Waals surface area contributed by atoms with Crippen molar-refractivity contribution in [2.24, 2.45) is 0 Å². The van der Waals surface area contributed by atoms with Crippen LogP contribution in [0.2, 0.25) is 5.02 Å².